The maximum atomic E-state index is 11.8. The van der Waals surface area contributed by atoms with E-state index in [1.165, 1.54) is 5.56 Å². The molecule has 2 heterocycles. The van der Waals surface area contributed by atoms with Crippen LogP contribution in [-0.2, 0) is 10.8 Å². The Balaban J connectivity index is 1.45. The van der Waals surface area contributed by atoms with Crippen molar-refractivity contribution in [1.82, 2.24) is 14.5 Å². The van der Waals surface area contributed by atoms with Crippen molar-refractivity contribution in [3.8, 4) is 67.5 Å². The third kappa shape index (κ3) is 7.17. The first-order valence-corrected chi connectivity index (χ1v) is 19.4. The topological polar surface area (TPSA) is 50.9 Å². The lowest BCUT2D eigenvalue weighted by Crippen LogP contribution is -2.16. The Morgan fingerprint density at radius 3 is 2.16 bits per heavy atom. The number of pyridine rings is 1. The molecule has 0 radical (unpaired) electrons. The molecule has 1 N–H and O–H groups in total. The maximum Gasteiger partial charge on any atom is 0.149 e. The number of aromatic nitrogens is 3. The van der Waals surface area contributed by atoms with Crippen molar-refractivity contribution < 1.29 is 16.1 Å². The zero-order valence-corrected chi connectivity index (χ0v) is 33.7. The van der Waals surface area contributed by atoms with E-state index in [4.69, 9.17) is 14.6 Å². The molecule has 0 aliphatic carbocycles. The summed E-state index contributed by atoms with van der Waals surface area (Å²) in [6, 6.07) is 28.8. The lowest BCUT2D eigenvalue weighted by atomic mass is 9.81. The van der Waals surface area contributed by atoms with E-state index >= 15 is 0 Å². The molecule has 0 unspecified atom stereocenters. The normalized spacial score (nSPS) is 14.0. The highest BCUT2D eigenvalue weighted by atomic mass is 16.3. The molecular weight excluding hydrogens is 695 g/mol. The Hall–Kier alpha value is -6.26. The molecule has 8 aromatic rings. The Kier molecular flexibility index (Phi) is 7.48. The molecule has 0 spiro atoms. The third-order valence-corrected chi connectivity index (χ3v) is 11.1. The quantitative estimate of drug-likeness (QED) is 0.168. The fourth-order valence-corrected chi connectivity index (χ4v) is 7.40. The van der Waals surface area contributed by atoms with Gasteiger partial charge in [-0.25, -0.2) is 4.98 Å². The predicted molar refractivity (Wildman–Crippen MR) is 239 cm³/mol. The first-order chi connectivity index (χ1) is 30.6. The van der Waals surface area contributed by atoms with Crippen LogP contribution in [0.5, 0.6) is 5.75 Å². The monoisotopic (exact) mass is 753 g/mol. The number of para-hydroxylation sites is 1. The second-order valence-electron chi connectivity index (χ2n) is 16.5. The highest BCUT2D eigenvalue weighted by Crippen LogP contribution is 2.43. The van der Waals surface area contributed by atoms with Crippen LogP contribution in [0.1, 0.15) is 81.2 Å². The Labute approximate surface area is 348 Å². The first-order valence-electron chi connectivity index (χ1n) is 23.4. The Morgan fingerprint density at radius 2 is 1.42 bits per heavy atom. The van der Waals surface area contributed by atoms with Gasteiger partial charge in [0.1, 0.15) is 11.6 Å². The molecular formula is C53H51N3O. The van der Waals surface area contributed by atoms with Crippen LogP contribution in [0.2, 0.25) is 0 Å². The summed E-state index contributed by atoms with van der Waals surface area (Å²) >= 11 is 0. The zero-order valence-electron chi connectivity index (χ0n) is 41.7. The number of hydrogen-bond donors (Lipinski definition) is 1. The van der Waals surface area contributed by atoms with Crippen LogP contribution in [0.4, 0.5) is 0 Å². The van der Waals surface area contributed by atoms with E-state index in [9.17, 15) is 6.48 Å². The second-order valence-corrected chi connectivity index (χ2v) is 16.5. The number of fused-ring (bicyclic) bond motifs is 1. The van der Waals surface area contributed by atoms with Crippen LogP contribution >= 0.6 is 0 Å². The second kappa shape index (κ2) is 14.7. The van der Waals surface area contributed by atoms with Gasteiger partial charge in [-0.1, -0.05) is 132 Å². The summed E-state index contributed by atoms with van der Waals surface area (Å²) in [5.74, 6) is 0.676. The van der Waals surface area contributed by atoms with Crippen molar-refractivity contribution >= 4 is 11.0 Å². The largest absolute Gasteiger partial charge is 0.507 e. The van der Waals surface area contributed by atoms with E-state index < -0.39 is 47.8 Å². The average molecular weight is 754 g/mol. The SMILES string of the molecule is [2H]c1nc(-c2cc(-c3cccc4c3nc(-c3cc(C)cc(C)c3O)n4-c3ccc(C(C)(C)CC)cc3-c3ccccc3)cc(C(C)(C)C)c2)c([2H])c(-c2c([2H])c([2H])c([2H])c([2H])c2[2H])c1[2H]. The van der Waals surface area contributed by atoms with Crippen molar-refractivity contribution in [2.75, 3.05) is 0 Å². The lowest BCUT2D eigenvalue weighted by Gasteiger charge is -2.26. The molecule has 57 heavy (non-hydrogen) atoms. The van der Waals surface area contributed by atoms with Gasteiger partial charge < -0.3 is 5.11 Å². The summed E-state index contributed by atoms with van der Waals surface area (Å²) < 4.78 is 71.4. The molecule has 0 bridgehead atoms. The molecule has 0 saturated carbocycles. The summed E-state index contributed by atoms with van der Waals surface area (Å²) in [4.78, 5) is 9.89. The molecule has 4 heteroatoms. The summed E-state index contributed by atoms with van der Waals surface area (Å²) in [5, 5.41) is 11.8. The number of nitrogens with zero attached hydrogens (tertiary/aromatic N) is 3. The van der Waals surface area contributed by atoms with E-state index in [-0.39, 0.29) is 34.0 Å². The van der Waals surface area contributed by atoms with Crippen molar-refractivity contribution in [2.24, 2.45) is 0 Å². The highest BCUT2D eigenvalue weighted by molar-refractivity contribution is 5.98. The summed E-state index contributed by atoms with van der Waals surface area (Å²) in [6.45, 7) is 16.8. The van der Waals surface area contributed by atoms with E-state index in [0.29, 0.717) is 22.5 Å². The summed E-state index contributed by atoms with van der Waals surface area (Å²) in [7, 11) is 0. The number of imidazole rings is 1. The van der Waals surface area contributed by atoms with Crippen molar-refractivity contribution in [3.63, 3.8) is 0 Å². The van der Waals surface area contributed by atoms with Gasteiger partial charge in [0.2, 0.25) is 0 Å². The zero-order chi connectivity index (χ0) is 47.0. The van der Waals surface area contributed by atoms with Gasteiger partial charge in [0.15, 0.2) is 0 Å². The summed E-state index contributed by atoms with van der Waals surface area (Å²) in [6.07, 6.45) is 0.444. The molecule has 284 valence electrons. The van der Waals surface area contributed by atoms with Crippen LogP contribution in [0, 0.1) is 13.8 Å². The van der Waals surface area contributed by atoms with E-state index in [1.807, 2.05) is 74.5 Å². The minimum Gasteiger partial charge on any atom is -0.507 e. The third-order valence-electron chi connectivity index (χ3n) is 11.1. The van der Waals surface area contributed by atoms with Crippen molar-refractivity contribution in [1.29, 1.82) is 0 Å². The first kappa shape index (κ1) is 29.0. The van der Waals surface area contributed by atoms with Gasteiger partial charge >= 0.3 is 0 Å². The standard InChI is InChI=1S/C53H51N3O/c1-9-53(7,8)41-23-24-47(44(33-41)37-19-14-11-15-20-37)56-48-22-16-21-43(49(48)55-51(56)45-28-34(2)27-35(3)50(45)57)39-29-40(31-42(30-39)52(4,5)6)46-32-38(25-26-54-46)36-17-12-10-13-18-36/h10-33,57H,9H2,1-8H3/i10D,12D,13D,17D,18D,25D,26D,32D. The maximum absolute atomic E-state index is 11.8. The molecule has 0 aliphatic rings. The van der Waals surface area contributed by atoms with Gasteiger partial charge in [-0.2, -0.15) is 0 Å². The fraction of sp³-hybridized carbons (Fsp3) is 0.208. The molecule has 2 aromatic heterocycles. The van der Waals surface area contributed by atoms with Gasteiger partial charge in [-0.05, 0) is 124 Å². The molecule has 0 saturated heterocycles. The minimum absolute atomic E-state index is 0.0290. The molecule has 0 fully saturated rings. The number of rotatable bonds is 8. The average Bonchev–Trinajstić information content (AvgIpc) is 3.67. The molecule has 8 rings (SSSR count). The Morgan fingerprint density at radius 1 is 0.667 bits per heavy atom. The highest BCUT2D eigenvalue weighted by Gasteiger charge is 2.26. The smallest absolute Gasteiger partial charge is 0.149 e. The van der Waals surface area contributed by atoms with Gasteiger partial charge in [0, 0.05) is 22.9 Å². The van der Waals surface area contributed by atoms with Crippen molar-refractivity contribution in [2.45, 2.75) is 72.6 Å². The minimum atomic E-state index is -0.598. The lowest BCUT2D eigenvalue weighted by molar-refractivity contribution is 0.472. The van der Waals surface area contributed by atoms with Crippen LogP contribution in [0.3, 0.4) is 0 Å². The molecule has 0 atom stereocenters. The number of phenolic OH excluding ortho intramolecular Hbond substituents is 1. The number of aromatic hydroxyl groups is 1. The van der Waals surface area contributed by atoms with Gasteiger partial charge in [-0.15, -0.1) is 0 Å². The number of benzene rings is 6. The molecule has 4 nitrogen and oxygen atoms in total. The predicted octanol–water partition coefficient (Wildman–Crippen LogP) is 14.1. The fourth-order valence-electron chi connectivity index (χ4n) is 7.40. The summed E-state index contributed by atoms with van der Waals surface area (Å²) in [5.41, 5.74) is 9.54. The molecule has 6 aromatic carbocycles. The number of aryl methyl sites for hydroxylation is 2. The van der Waals surface area contributed by atoms with Gasteiger partial charge in [0.25, 0.3) is 0 Å². The number of hydrogen-bond acceptors (Lipinski definition) is 3. The van der Waals surface area contributed by atoms with Gasteiger partial charge in [-0.3, -0.25) is 9.55 Å². The van der Waals surface area contributed by atoms with Crippen LogP contribution in [-0.4, -0.2) is 19.6 Å². The van der Waals surface area contributed by atoms with E-state index in [1.54, 1.807) is 0 Å². The van der Waals surface area contributed by atoms with Crippen LogP contribution in [0.25, 0.3) is 72.7 Å². The van der Waals surface area contributed by atoms with E-state index in [2.05, 4.69) is 87.5 Å². The van der Waals surface area contributed by atoms with Crippen molar-refractivity contribution in [3.05, 3.63) is 168 Å². The van der Waals surface area contributed by atoms with Gasteiger partial charge in [0.05, 0.1) is 38.9 Å². The Bertz CT molecular complexity index is 3190. The number of phenols is 1. The van der Waals surface area contributed by atoms with Crippen LogP contribution in [0.15, 0.2) is 146 Å². The molecule has 0 amide bonds. The van der Waals surface area contributed by atoms with Crippen LogP contribution < -0.4 is 0 Å². The van der Waals surface area contributed by atoms with E-state index in [0.717, 1.165) is 56.6 Å². The molecule has 0 aliphatic heterocycles.